The average molecular weight is 453 g/mol. The third-order valence-electron chi connectivity index (χ3n) is 4.71. The molecule has 9 heteroatoms. The molecule has 0 heterocycles. The highest BCUT2D eigenvalue weighted by Crippen LogP contribution is 2.34. The van der Waals surface area contributed by atoms with E-state index >= 15 is 0 Å². The molecule has 1 aliphatic carbocycles. The van der Waals surface area contributed by atoms with Gasteiger partial charge in [-0.3, -0.25) is 19.4 Å². The second-order valence-corrected chi connectivity index (χ2v) is 7.47. The van der Waals surface area contributed by atoms with Gasteiger partial charge in [-0.1, -0.05) is 28.8 Å². The van der Waals surface area contributed by atoms with Crippen LogP contribution in [0.2, 0.25) is 0 Å². The summed E-state index contributed by atoms with van der Waals surface area (Å²) >= 11 is 3.16. The van der Waals surface area contributed by atoms with Crippen LogP contribution in [0, 0.1) is 17.7 Å². The van der Waals surface area contributed by atoms with Gasteiger partial charge in [0.05, 0.1) is 11.3 Å². The van der Waals surface area contributed by atoms with Crippen LogP contribution in [0.4, 0.5) is 4.39 Å². The summed E-state index contributed by atoms with van der Waals surface area (Å²) < 4.78 is 14.8. The monoisotopic (exact) mass is 452 g/mol. The summed E-state index contributed by atoms with van der Waals surface area (Å²) in [5, 5.41) is 2.54. The number of primary amides is 1. The lowest BCUT2D eigenvalue weighted by molar-refractivity contribution is -0.126. The first-order valence-corrected chi connectivity index (χ1v) is 9.57. The van der Waals surface area contributed by atoms with Crippen molar-refractivity contribution in [3.8, 4) is 0 Å². The van der Waals surface area contributed by atoms with Gasteiger partial charge in [0.2, 0.25) is 5.91 Å². The fraction of sp³-hybridized carbons (Fsp3) is 0.368. The van der Waals surface area contributed by atoms with E-state index in [0.29, 0.717) is 17.3 Å². The van der Waals surface area contributed by atoms with Crippen LogP contribution >= 0.6 is 15.9 Å². The summed E-state index contributed by atoms with van der Waals surface area (Å²) in [6, 6.07) is 4.21. The van der Waals surface area contributed by atoms with Crippen LogP contribution in [0.5, 0.6) is 0 Å². The largest absolute Gasteiger partial charge is 0.393 e. The van der Waals surface area contributed by atoms with Gasteiger partial charge in [0.15, 0.2) is 5.78 Å². The van der Waals surface area contributed by atoms with E-state index in [9.17, 15) is 18.8 Å². The van der Waals surface area contributed by atoms with Crippen molar-refractivity contribution in [1.82, 2.24) is 5.32 Å². The van der Waals surface area contributed by atoms with Gasteiger partial charge in [-0.05, 0) is 31.0 Å². The van der Waals surface area contributed by atoms with E-state index in [-0.39, 0.29) is 17.0 Å². The Bertz CT molecular complexity index is 854. The van der Waals surface area contributed by atoms with Crippen molar-refractivity contribution in [3.05, 3.63) is 45.4 Å². The molecule has 2 unspecified atom stereocenters. The number of nitrogens with zero attached hydrogens (tertiary/aromatic N) is 1. The Balaban J connectivity index is 2.29. The third-order valence-corrected chi connectivity index (χ3v) is 5.20. The summed E-state index contributed by atoms with van der Waals surface area (Å²) in [5.41, 5.74) is 10.4. The van der Waals surface area contributed by atoms with Crippen LogP contribution in [0.25, 0.3) is 0 Å². The highest BCUT2D eigenvalue weighted by molar-refractivity contribution is 9.10. The van der Waals surface area contributed by atoms with Crippen LogP contribution < -0.4 is 16.8 Å². The van der Waals surface area contributed by atoms with E-state index in [4.69, 9.17) is 11.5 Å². The van der Waals surface area contributed by atoms with Crippen molar-refractivity contribution in [2.45, 2.75) is 25.7 Å². The van der Waals surface area contributed by atoms with Crippen molar-refractivity contribution in [2.24, 2.45) is 28.3 Å². The molecule has 1 aromatic rings. The van der Waals surface area contributed by atoms with Gasteiger partial charge in [-0.15, -0.1) is 0 Å². The zero-order valence-corrected chi connectivity index (χ0v) is 17.0. The number of halogens is 2. The molecular formula is C19H22BrFN4O3. The lowest BCUT2D eigenvalue weighted by Gasteiger charge is -2.30. The van der Waals surface area contributed by atoms with Crippen LogP contribution in [-0.2, 0) is 9.59 Å². The van der Waals surface area contributed by atoms with Crippen LogP contribution in [0.1, 0.15) is 36.0 Å². The van der Waals surface area contributed by atoms with Crippen molar-refractivity contribution >= 4 is 39.7 Å². The SMILES string of the molecule is CN=CC(NC(=O)C1CCCCC1C(=O)c1ccc(Br)cc1F)=C(N)C(N)=O. The number of nitrogens with two attached hydrogens (primary N) is 2. The first-order chi connectivity index (χ1) is 13.3. The number of Topliss-reactive ketones (excluding diaryl/α,β-unsaturated/α-hetero) is 1. The maximum Gasteiger partial charge on any atom is 0.266 e. The van der Waals surface area contributed by atoms with E-state index in [1.165, 1.54) is 25.4 Å². The zero-order chi connectivity index (χ0) is 20.8. The highest BCUT2D eigenvalue weighted by Gasteiger charge is 2.37. The standard InChI is InChI=1S/C19H22BrFN4O3/c1-24-9-15(16(22)18(23)27)25-19(28)12-5-3-2-4-11(12)17(26)13-7-6-10(20)8-14(13)21/h6-9,11-12H,2-5,22H2,1H3,(H2,23,27)(H,25,28). The minimum absolute atomic E-state index is 0.0217. The smallest absolute Gasteiger partial charge is 0.266 e. The number of allylic oxidation sites excluding steroid dienone is 1. The van der Waals surface area contributed by atoms with Crippen LogP contribution in [0.15, 0.2) is 39.1 Å². The van der Waals surface area contributed by atoms with E-state index in [1.54, 1.807) is 6.07 Å². The molecule has 1 aliphatic rings. The Morgan fingerprint density at radius 1 is 1.21 bits per heavy atom. The minimum atomic E-state index is -0.900. The fourth-order valence-electron chi connectivity index (χ4n) is 3.30. The topological polar surface area (TPSA) is 128 Å². The number of amides is 2. The predicted molar refractivity (Wildman–Crippen MR) is 107 cm³/mol. The van der Waals surface area contributed by atoms with Crippen LogP contribution in [0.3, 0.4) is 0 Å². The number of hydrogen-bond acceptors (Lipinski definition) is 5. The second kappa shape index (κ2) is 9.59. The molecule has 1 aromatic carbocycles. The van der Waals surface area contributed by atoms with Crippen molar-refractivity contribution < 1.29 is 18.8 Å². The Morgan fingerprint density at radius 3 is 2.43 bits per heavy atom. The first kappa shape index (κ1) is 21.7. The number of carbonyl (C=O) groups is 3. The summed E-state index contributed by atoms with van der Waals surface area (Å²) in [5.74, 6) is -3.77. The van der Waals surface area contributed by atoms with Crippen molar-refractivity contribution in [2.75, 3.05) is 7.05 Å². The number of aliphatic imine (C=N–C) groups is 1. The molecule has 1 saturated carbocycles. The molecule has 2 rings (SSSR count). The molecule has 7 nitrogen and oxygen atoms in total. The molecule has 0 aromatic heterocycles. The molecule has 1 fully saturated rings. The number of benzene rings is 1. The summed E-state index contributed by atoms with van der Waals surface area (Å²) in [7, 11) is 1.45. The number of hydrogen-bond donors (Lipinski definition) is 3. The van der Waals surface area contributed by atoms with Crippen LogP contribution in [-0.4, -0.2) is 30.9 Å². The Morgan fingerprint density at radius 2 is 1.86 bits per heavy atom. The third kappa shape index (κ3) is 5.03. The molecule has 0 bridgehead atoms. The van der Waals surface area contributed by atoms with Gasteiger partial charge in [-0.2, -0.15) is 0 Å². The maximum atomic E-state index is 14.2. The highest BCUT2D eigenvalue weighted by atomic mass is 79.9. The van der Waals surface area contributed by atoms with E-state index in [1.807, 2.05) is 0 Å². The van der Waals surface area contributed by atoms with Gasteiger partial charge in [0.1, 0.15) is 11.5 Å². The second-order valence-electron chi connectivity index (χ2n) is 6.55. The van der Waals surface area contributed by atoms with Gasteiger partial charge in [0.25, 0.3) is 5.91 Å². The van der Waals surface area contributed by atoms with Gasteiger partial charge in [-0.25, -0.2) is 4.39 Å². The lowest BCUT2D eigenvalue weighted by atomic mass is 9.75. The molecule has 2 atom stereocenters. The maximum absolute atomic E-state index is 14.2. The predicted octanol–water partition coefficient (Wildman–Crippen LogP) is 2.05. The van der Waals surface area contributed by atoms with E-state index in [0.717, 1.165) is 12.8 Å². The Labute approximate surface area is 170 Å². The Hall–Kier alpha value is -2.55. The fourth-order valence-corrected chi connectivity index (χ4v) is 3.64. The molecule has 28 heavy (non-hydrogen) atoms. The minimum Gasteiger partial charge on any atom is -0.393 e. The quantitative estimate of drug-likeness (QED) is 0.346. The number of rotatable bonds is 6. The molecule has 5 N–H and O–H groups in total. The van der Waals surface area contributed by atoms with Crippen molar-refractivity contribution in [1.29, 1.82) is 0 Å². The number of ketones is 1. The molecular weight excluding hydrogens is 431 g/mol. The normalized spacial score (nSPS) is 20.5. The summed E-state index contributed by atoms with van der Waals surface area (Å²) in [6.45, 7) is 0. The molecule has 0 aliphatic heterocycles. The summed E-state index contributed by atoms with van der Waals surface area (Å²) in [6.07, 6.45) is 3.68. The number of carbonyl (C=O) groups excluding carboxylic acids is 3. The lowest BCUT2D eigenvalue weighted by Crippen LogP contribution is -2.41. The molecule has 0 saturated heterocycles. The van der Waals surface area contributed by atoms with Gasteiger partial charge >= 0.3 is 0 Å². The Kier molecular flexibility index (Phi) is 7.45. The van der Waals surface area contributed by atoms with Gasteiger partial charge < -0.3 is 16.8 Å². The van der Waals surface area contributed by atoms with Crippen molar-refractivity contribution in [3.63, 3.8) is 0 Å². The first-order valence-electron chi connectivity index (χ1n) is 8.78. The van der Waals surface area contributed by atoms with E-state index < -0.39 is 35.3 Å². The number of nitrogens with one attached hydrogen (secondary N) is 1. The zero-order valence-electron chi connectivity index (χ0n) is 15.4. The van der Waals surface area contributed by atoms with E-state index in [2.05, 4.69) is 26.2 Å². The molecule has 0 radical (unpaired) electrons. The summed E-state index contributed by atoms with van der Waals surface area (Å²) in [4.78, 5) is 40.8. The average Bonchev–Trinajstić information content (AvgIpc) is 2.66. The molecule has 2 amide bonds. The molecule has 150 valence electrons. The van der Waals surface area contributed by atoms with Gasteiger partial charge in [0, 0.05) is 29.6 Å². The molecule has 0 spiro atoms.